The van der Waals surface area contributed by atoms with Crippen LogP contribution in [0.25, 0.3) is 0 Å². The van der Waals surface area contributed by atoms with E-state index in [-0.39, 0.29) is 12.1 Å². The molecule has 0 atom stereocenters. The number of ether oxygens (including phenoxy) is 1. The molecule has 0 fully saturated rings. The molecule has 0 unspecified atom stereocenters. The fourth-order valence-corrected chi connectivity index (χ4v) is 6.10. The van der Waals surface area contributed by atoms with Gasteiger partial charge in [0.25, 0.3) is 0 Å². The first kappa shape index (κ1) is 45.4. The molecule has 0 aromatic rings. The quantitative estimate of drug-likeness (QED) is 0.0378. The van der Waals surface area contributed by atoms with Crippen LogP contribution in [0.5, 0.6) is 0 Å². The van der Waals surface area contributed by atoms with Crippen LogP contribution in [0.2, 0.25) is 0 Å². The number of carbonyl (C=O) groups is 1. The van der Waals surface area contributed by atoms with Gasteiger partial charge in [0.05, 0.1) is 0 Å². The van der Waals surface area contributed by atoms with Crippen LogP contribution >= 0.6 is 0 Å². The van der Waals surface area contributed by atoms with E-state index in [4.69, 9.17) is 4.74 Å². The number of unbranched alkanes of at least 4 members (excludes halogenated alkanes) is 22. The normalized spacial score (nSPS) is 12.8. The maximum Gasteiger partial charge on any atom is 0.306 e. The fraction of sp³-hybridized carbons (Fsp3) is 0.800. The molecule has 47 heavy (non-hydrogen) atoms. The van der Waals surface area contributed by atoms with Gasteiger partial charge in [-0.15, -0.1) is 0 Å². The summed E-state index contributed by atoms with van der Waals surface area (Å²) in [7, 11) is 0. The minimum Gasteiger partial charge on any atom is -0.462 e. The summed E-state index contributed by atoms with van der Waals surface area (Å²) in [6.07, 6.45) is 58.1. The summed E-state index contributed by atoms with van der Waals surface area (Å²) < 4.78 is 6.04. The molecule has 274 valence electrons. The van der Waals surface area contributed by atoms with Crippen LogP contribution in [0.4, 0.5) is 0 Å². The van der Waals surface area contributed by atoms with Crippen molar-refractivity contribution >= 4 is 5.97 Å². The predicted molar refractivity (Wildman–Crippen MR) is 211 cm³/mol. The van der Waals surface area contributed by atoms with Crippen LogP contribution < -0.4 is 0 Å². The number of hydrogen-bond donors (Lipinski definition) is 0. The SMILES string of the molecule is CCCCCC=CCC=CCCCCCCCCC(CCCCCCCCC=CCC=CCCCCC)OC(=O)CCCCCCC. The van der Waals surface area contributed by atoms with Crippen molar-refractivity contribution in [1.29, 1.82) is 0 Å². The lowest BCUT2D eigenvalue weighted by Crippen LogP contribution is -2.18. The van der Waals surface area contributed by atoms with Crippen molar-refractivity contribution in [3.63, 3.8) is 0 Å². The Morgan fingerprint density at radius 2 is 0.723 bits per heavy atom. The third-order valence-electron chi connectivity index (χ3n) is 9.24. The first-order valence-corrected chi connectivity index (χ1v) is 21.0. The highest BCUT2D eigenvalue weighted by molar-refractivity contribution is 5.69. The lowest BCUT2D eigenvalue weighted by molar-refractivity contribution is -0.150. The van der Waals surface area contributed by atoms with Gasteiger partial charge in [0.1, 0.15) is 6.10 Å². The Labute approximate surface area is 295 Å². The Bertz CT molecular complexity index is 682. The lowest BCUT2D eigenvalue weighted by atomic mass is 10.0. The minimum atomic E-state index is 0.0478. The zero-order valence-electron chi connectivity index (χ0n) is 32.1. The molecule has 0 aliphatic rings. The minimum absolute atomic E-state index is 0.0478. The third kappa shape index (κ3) is 38.8. The molecule has 0 aromatic heterocycles. The third-order valence-corrected chi connectivity index (χ3v) is 9.24. The van der Waals surface area contributed by atoms with Crippen molar-refractivity contribution in [2.45, 2.75) is 232 Å². The van der Waals surface area contributed by atoms with Crippen LogP contribution in [0.3, 0.4) is 0 Å². The summed E-state index contributed by atoms with van der Waals surface area (Å²) in [5, 5.41) is 0. The second kappa shape index (κ2) is 40.6. The van der Waals surface area contributed by atoms with E-state index in [1.54, 1.807) is 0 Å². The predicted octanol–water partition coefficient (Wildman–Crippen LogP) is 15.7. The van der Waals surface area contributed by atoms with E-state index < -0.39 is 0 Å². The largest absolute Gasteiger partial charge is 0.462 e. The van der Waals surface area contributed by atoms with Gasteiger partial charge in [0, 0.05) is 6.42 Å². The summed E-state index contributed by atoms with van der Waals surface area (Å²) in [6, 6.07) is 0. The van der Waals surface area contributed by atoms with E-state index in [9.17, 15) is 4.79 Å². The summed E-state index contributed by atoms with van der Waals surface area (Å²) >= 11 is 0. The topological polar surface area (TPSA) is 26.3 Å². The molecule has 0 heterocycles. The molecule has 0 N–H and O–H groups in total. The Morgan fingerprint density at radius 3 is 1.15 bits per heavy atom. The number of rotatable bonds is 37. The highest BCUT2D eigenvalue weighted by Gasteiger charge is 2.14. The first-order chi connectivity index (χ1) is 23.2. The van der Waals surface area contributed by atoms with Gasteiger partial charge < -0.3 is 4.74 Å². The standard InChI is InChI=1S/C45H82O2/c1-4-7-10-13-15-17-19-21-23-25-27-29-31-33-36-38-41-44(47-45(46)43-40-35-12-9-6-3)42-39-37-34-32-30-28-26-24-22-20-18-16-14-11-8-5-2/h15-18,21-24,44H,4-14,19-20,25-43H2,1-3H3. The van der Waals surface area contributed by atoms with Gasteiger partial charge in [0.15, 0.2) is 0 Å². The molecule has 0 aromatic carbocycles. The molecule has 0 saturated carbocycles. The maximum atomic E-state index is 12.6. The number of carbonyl (C=O) groups excluding carboxylic acids is 1. The van der Waals surface area contributed by atoms with Crippen LogP contribution in [0.15, 0.2) is 48.6 Å². The fourth-order valence-electron chi connectivity index (χ4n) is 6.10. The van der Waals surface area contributed by atoms with Crippen LogP contribution in [0, 0.1) is 0 Å². The van der Waals surface area contributed by atoms with Gasteiger partial charge in [-0.25, -0.2) is 0 Å². The van der Waals surface area contributed by atoms with Crippen molar-refractivity contribution < 1.29 is 9.53 Å². The molecule has 0 aliphatic heterocycles. The highest BCUT2D eigenvalue weighted by Crippen LogP contribution is 2.19. The van der Waals surface area contributed by atoms with E-state index in [1.807, 2.05) is 0 Å². The number of esters is 1. The number of allylic oxidation sites excluding steroid dienone is 8. The Hall–Kier alpha value is -1.57. The molecule has 2 heteroatoms. The van der Waals surface area contributed by atoms with Crippen molar-refractivity contribution in [1.82, 2.24) is 0 Å². The Balaban J connectivity index is 4.05. The monoisotopic (exact) mass is 655 g/mol. The average Bonchev–Trinajstić information content (AvgIpc) is 3.07. The van der Waals surface area contributed by atoms with Gasteiger partial charge in [0.2, 0.25) is 0 Å². The van der Waals surface area contributed by atoms with Crippen LogP contribution in [0.1, 0.15) is 226 Å². The highest BCUT2D eigenvalue weighted by atomic mass is 16.5. The zero-order valence-corrected chi connectivity index (χ0v) is 32.1. The Morgan fingerprint density at radius 1 is 0.404 bits per heavy atom. The first-order valence-electron chi connectivity index (χ1n) is 21.0. The molecule has 0 aliphatic carbocycles. The maximum absolute atomic E-state index is 12.6. The van der Waals surface area contributed by atoms with E-state index in [0.29, 0.717) is 6.42 Å². The molecule has 0 bridgehead atoms. The van der Waals surface area contributed by atoms with Crippen LogP contribution in [-0.4, -0.2) is 12.1 Å². The molecular formula is C45H82O2. The van der Waals surface area contributed by atoms with Gasteiger partial charge in [-0.2, -0.15) is 0 Å². The summed E-state index contributed by atoms with van der Waals surface area (Å²) in [5.74, 6) is 0.0478. The second-order valence-electron chi connectivity index (χ2n) is 14.0. The van der Waals surface area contributed by atoms with Gasteiger partial charge in [-0.3, -0.25) is 4.79 Å². The van der Waals surface area contributed by atoms with E-state index in [0.717, 1.165) is 38.5 Å². The number of hydrogen-bond acceptors (Lipinski definition) is 2. The van der Waals surface area contributed by atoms with Crippen molar-refractivity contribution in [3.05, 3.63) is 48.6 Å². The summed E-state index contributed by atoms with van der Waals surface area (Å²) in [5.41, 5.74) is 0. The molecular weight excluding hydrogens is 572 g/mol. The van der Waals surface area contributed by atoms with Crippen molar-refractivity contribution in [2.75, 3.05) is 0 Å². The van der Waals surface area contributed by atoms with Crippen molar-refractivity contribution in [2.24, 2.45) is 0 Å². The molecule has 0 rings (SSSR count). The second-order valence-corrected chi connectivity index (χ2v) is 14.0. The van der Waals surface area contributed by atoms with Crippen molar-refractivity contribution in [3.8, 4) is 0 Å². The van der Waals surface area contributed by atoms with Gasteiger partial charge in [-0.05, 0) is 96.3 Å². The van der Waals surface area contributed by atoms with Gasteiger partial charge >= 0.3 is 5.97 Å². The molecule has 0 spiro atoms. The summed E-state index contributed by atoms with van der Waals surface area (Å²) in [6.45, 7) is 6.76. The molecule has 0 amide bonds. The molecule has 0 saturated heterocycles. The summed E-state index contributed by atoms with van der Waals surface area (Å²) in [4.78, 5) is 12.6. The molecule has 2 nitrogen and oxygen atoms in total. The van der Waals surface area contributed by atoms with E-state index in [2.05, 4.69) is 69.4 Å². The van der Waals surface area contributed by atoms with Crippen LogP contribution in [-0.2, 0) is 9.53 Å². The lowest BCUT2D eigenvalue weighted by Gasteiger charge is -2.18. The van der Waals surface area contributed by atoms with E-state index >= 15 is 0 Å². The zero-order chi connectivity index (χ0) is 34.1. The average molecular weight is 655 g/mol. The molecule has 0 radical (unpaired) electrons. The Kier molecular flexibility index (Phi) is 39.2. The smallest absolute Gasteiger partial charge is 0.306 e. The van der Waals surface area contributed by atoms with E-state index in [1.165, 1.54) is 161 Å². The van der Waals surface area contributed by atoms with Gasteiger partial charge in [-0.1, -0.05) is 172 Å².